The SMILES string of the molecule is CC(O)(c1ccc(F)cc1)c1cnc(N2CCN(c3ncnn4cc(-c5ccc(F)cc5)cc34)CC2)nc1. The molecule has 4 heterocycles. The zero-order valence-corrected chi connectivity index (χ0v) is 20.7. The van der Waals surface area contributed by atoms with Crippen LogP contribution in [-0.4, -0.2) is 55.9 Å². The zero-order chi connectivity index (χ0) is 26.3. The van der Waals surface area contributed by atoms with Gasteiger partial charge in [-0.15, -0.1) is 0 Å². The number of hydrogen-bond acceptors (Lipinski definition) is 7. The first-order valence-corrected chi connectivity index (χ1v) is 12.3. The van der Waals surface area contributed by atoms with Crippen molar-refractivity contribution in [3.8, 4) is 11.1 Å². The lowest BCUT2D eigenvalue weighted by molar-refractivity contribution is 0.101. The first kappa shape index (κ1) is 23.9. The molecule has 38 heavy (non-hydrogen) atoms. The molecule has 10 heteroatoms. The molecule has 0 spiro atoms. The number of benzene rings is 2. The van der Waals surface area contributed by atoms with Gasteiger partial charge in [0.05, 0.1) is 0 Å². The van der Waals surface area contributed by atoms with Crippen LogP contribution in [-0.2, 0) is 5.60 Å². The standard InChI is InChI=1S/C28H25F2N7O/c1-28(38,21-4-8-24(30)9-5-21)22-15-31-27(32-16-22)36-12-10-35(11-13-36)26-25-14-20(17-37(25)34-18-33-26)19-2-6-23(29)7-3-19/h2-9,14-18,38H,10-13H2,1H3. The van der Waals surface area contributed by atoms with Gasteiger partial charge in [-0.1, -0.05) is 24.3 Å². The molecule has 1 N–H and O–H groups in total. The van der Waals surface area contributed by atoms with Crippen LogP contribution in [0.25, 0.3) is 16.6 Å². The second-order valence-electron chi connectivity index (χ2n) is 9.47. The largest absolute Gasteiger partial charge is 0.381 e. The Labute approximate surface area is 217 Å². The van der Waals surface area contributed by atoms with Gasteiger partial charge in [0.1, 0.15) is 29.1 Å². The van der Waals surface area contributed by atoms with E-state index in [1.54, 1.807) is 48.1 Å². The molecular formula is C28H25F2N7O. The van der Waals surface area contributed by atoms with Crippen molar-refractivity contribution in [1.82, 2.24) is 24.6 Å². The molecule has 8 nitrogen and oxygen atoms in total. The van der Waals surface area contributed by atoms with Crippen LogP contribution in [0.5, 0.6) is 0 Å². The molecule has 1 atom stereocenters. The summed E-state index contributed by atoms with van der Waals surface area (Å²) in [4.78, 5) is 17.9. The maximum Gasteiger partial charge on any atom is 0.225 e. The van der Waals surface area contributed by atoms with Crippen molar-refractivity contribution < 1.29 is 13.9 Å². The summed E-state index contributed by atoms with van der Waals surface area (Å²) in [6, 6.07) is 14.2. The summed E-state index contributed by atoms with van der Waals surface area (Å²) < 4.78 is 28.4. The van der Waals surface area contributed by atoms with Crippen molar-refractivity contribution >= 4 is 17.3 Å². The van der Waals surface area contributed by atoms with Crippen LogP contribution in [0.3, 0.4) is 0 Å². The van der Waals surface area contributed by atoms with Gasteiger partial charge < -0.3 is 14.9 Å². The van der Waals surface area contributed by atoms with Crippen LogP contribution in [0.15, 0.2) is 79.5 Å². The van der Waals surface area contributed by atoms with Gasteiger partial charge in [0.15, 0.2) is 5.82 Å². The van der Waals surface area contributed by atoms with E-state index in [2.05, 4.69) is 29.9 Å². The number of nitrogens with zero attached hydrogens (tertiary/aromatic N) is 7. The number of anilines is 2. The first-order valence-electron chi connectivity index (χ1n) is 12.3. The third-order valence-electron chi connectivity index (χ3n) is 7.03. The highest BCUT2D eigenvalue weighted by Gasteiger charge is 2.28. The number of halogens is 2. The number of fused-ring (bicyclic) bond motifs is 1. The van der Waals surface area contributed by atoms with Crippen molar-refractivity contribution in [3.63, 3.8) is 0 Å². The molecule has 0 saturated carbocycles. The van der Waals surface area contributed by atoms with Crippen molar-refractivity contribution in [2.24, 2.45) is 0 Å². The van der Waals surface area contributed by atoms with E-state index in [4.69, 9.17) is 0 Å². The van der Waals surface area contributed by atoms with E-state index in [1.165, 1.54) is 30.6 Å². The number of rotatable bonds is 5. The molecule has 6 rings (SSSR count). The smallest absolute Gasteiger partial charge is 0.225 e. The van der Waals surface area contributed by atoms with E-state index in [-0.39, 0.29) is 11.6 Å². The van der Waals surface area contributed by atoms with Crippen LogP contribution < -0.4 is 9.80 Å². The van der Waals surface area contributed by atoms with E-state index in [0.717, 1.165) is 22.5 Å². The second-order valence-corrected chi connectivity index (χ2v) is 9.47. The Balaban J connectivity index is 1.16. The summed E-state index contributed by atoms with van der Waals surface area (Å²) in [5, 5.41) is 15.4. The van der Waals surface area contributed by atoms with Gasteiger partial charge in [0.25, 0.3) is 0 Å². The summed E-state index contributed by atoms with van der Waals surface area (Å²) >= 11 is 0. The highest BCUT2D eigenvalue weighted by molar-refractivity contribution is 5.77. The molecule has 0 amide bonds. The Hall–Kier alpha value is -4.44. The van der Waals surface area contributed by atoms with Crippen LogP contribution in [0.2, 0.25) is 0 Å². The summed E-state index contributed by atoms with van der Waals surface area (Å²) in [5.41, 5.74) is 2.48. The normalized spacial score (nSPS) is 15.6. The molecule has 0 aliphatic carbocycles. The lowest BCUT2D eigenvalue weighted by Gasteiger charge is -2.35. The average Bonchev–Trinajstić information content (AvgIpc) is 3.38. The maximum absolute atomic E-state index is 13.4. The monoisotopic (exact) mass is 513 g/mol. The Kier molecular flexibility index (Phi) is 5.96. The zero-order valence-electron chi connectivity index (χ0n) is 20.7. The minimum Gasteiger partial charge on any atom is -0.381 e. The molecule has 1 fully saturated rings. The fraction of sp³-hybridized carbons (Fsp3) is 0.214. The van der Waals surface area contributed by atoms with E-state index < -0.39 is 5.60 Å². The highest BCUT2D eigenvalue weighted by atomic mass is 19.1. The quantitative estimate of drug-likeness (QED) is 0.380. The minimum absolute atomic E-state index is 0.271. The van der Waals surface area contributed by atoms with E-state index in [9.17, 15) is 13.9 Å². The van der Waals surface area contributed by atoms with Gasteiger partial charge in [-0.3, -0.25) is 0 Å². The van der Waals surface area contributed by atoms with Crippen LogP contribution in [0, 0.1) is 11.6 Å². The topological polar surface area (TPSA) is 82.7 Å². The Morgan fingerprint density at radius 2 is 1.37 bits per heavy atom. The fourth-order valence-corrected chi connectivity index (χ4v) is 4.76. The summed E-state index contributed by atoms with van der Waals surface area (Å²) in [6.07, 6.45) is 6.69. The fourth-order valence-electron chi connectivity index (χ4n) is 4.76. The van der Waals surface area contributed by atoms with Crippen molar-refractivity contribution in [1.29, 1.82) is 0 Å². The van der Waals surface area contributed by atoms with Crippen molar-refractivity contribution in [2.75, 3.05) is 36.0 Å². The van der Waals surface area contributed by atoms with Gasteiger partial charge in [-0.2, -0.15) is 5.10 Å². The van der Waals surface area contributed by atoms with Gasteiger partial charge in [0.2, 0.25) is 5.95 Å². The number of hydrogen-bond donors (Lipinski definition) is 1. The molecular weight excluding hydrogens is 488 g/mol. The van der Waals surface area contributed by atoms with Gasteiger partial charge in [-0.05, 0) is 48.4 Å². The van der Waals surface area contributed by atoms with Gasteiger partial charge in [-0.25, -0.2) is 28.2 Å². The Bertz CT molecular complexity index is 1560. The molecule has 0 bridgehead atoms. The average molecular weight is 514 g/mol. The van der Waals surface area contributed by atoms with Crippen LogP contribution >= 0.6 is 0 Å². The predicted molar refractivity (Wildman–Crippen MR) is 140 cm³/mol. The van der Waals surface area contributed by atoms with E-state index in [1.807, 2.05) is 12.3 Å². The molecule has 1 aliphatic rings. The number of piperazine rings is 1. The van der Waals surface area contributed by atoms with Crippen LogP contribution in [0.1, 0.15) is 18.1 Å². The van der Waals surface area contributed by atoms with Gasteiger partial charge in [0, 0.05) is 55.9 Å². The van der Waals surface area contributed by atoms with Crippen molar-refractivity contribution in [3.05, 3.63) is 102 Å². The lowest BCUT2D eigenvalue weighted by Crippen LogP contribution is -2.47. The first-order chi connectivity index (χ1) is 18.4. The maximum atomic E-state index is 13.4. The molecule has 1 saturated heterocycles. The van der Waals surface area contributed by atoms with Crippen LogP contribution in [0.4, 0.5) is 20.5 Å². The highest BCUT2D eigenvalue weighted by Crippen LogP contribution is 2.30. The summed E-state index contributed by atoms with van der Waals surface area (Å²) in [7, 11) is 0. The molecule has 5 aromatic rings. The third kappa shape index (κ3) is 4.43. The van der Waals surface area contributed by atoms with Crippen molar-refractivity contribution in [2.45, 2.75) is 12.5 Å². The third-order valence-corrected chi connectivity index (χ3v) is 7.03. The summed E-state index contributed by atoms with van der Waals surface area (Å²) in [6.45, 7) is 4.44. The van der Waals surface area contributed by atoms with E-state index >= 15 is 0 Å². The molecule has 2 aromatic carbocycles. The Morgan fingerprint density at radius 1 is 0.763 bits per heavy atom. The predicted octanol–water partition coefficient (Wildman–Crippen LogP) is 4.05. The number of aromatic nitrogens is 5. The molecule has 1 aliphatic heterocycles. The van der Waals surface area contributed by atoms with Gasteiger partial charge >= 0.3 is 0 Å². The Morgan fingerprint density at radius 3 is 2.03 bits per heavy atom. The second kappa shape index (κ2) is 9.46. The minimum atomic E-state index is -1.34. The number of aliphatic hydroxyl groups is 1. The lowest BCUT2D eigenvalue weighted by atomic mass is 9.90. The molecule has 192 valence electrons. The van der Waals surface area contributed by atoms with E-state index in [0.29, 0.717) is 43.3 Å². The molecule has 3 aromatic heterocycles. The molecule has 0 radical (unpaired) electrons. The molecule has 1 unspecified atom stereocenters. The summed E-state index contributed by atoms with van der Waals surface area (Å²) in [5.74, 6) is 0.785.